The highest BCUT2D eigenvalue weighted by Gasteiger charge is 2.36. The van der Waals surface area contributed by atoms with Gasteiger partial charge in [0.1, 0.15) is 5.75 Å². The second-order valence-electron chi connectivity index (χ2n) is 5.01. The Morgan fingerprint density at radius 2 is 2.15 bits per heavy atom. The topological polar surface area (TPSA) is 55.4 Å². The van der Waals surface area contributed by atoms with Gasteiger partial charge in [0.15, 0.2) is 0 Å². The Morgan fingerprint density at radius 3 is 2.75 bits per heavy atom. The van der Waals surface area contributed by atoms with Crippen LogP contribution in [0.3, 0.4) is 0 Å². The maximum absolute atomic E-state index is 12.0. The van der Waals surface area contributed by atoms with Crippen LogP contribution in [0.5, 0.6) is 5.75 Å². The number of benzene rings is 1. The number of piperidine rings is 1. The van der Waals surface area contributed by atoms with Gasteiger partial charge < -0.3 is 4.74 Å². The average molecular weight is 296 g/mol. The van der Waals surface area contributed by atoms with E-state index >= 15 is 0 Å². The number of methoxy groups -OCH3 is 1. The molecule has 1 aliphatic heterocycles. The lowest BCUT2D eigenvalue weighted by molar-refractivity contribution is -0.137. The first-order chi connectivity index (χ1) is 9.56. The van der Waals surface area contributed by atoms with Crippen molar-refractivity contribution in [1.29, 1.82) is 0 Å². The fraction of sp³-hybridized carbons (Fsp3) is 0.467. The number of carbonyl (C=O) groups is 2. The average Bonchev–Trinajstić information content (AvgIpc) is 2.41. The normalized spacial score (nSPS) is 22.6. The maximum Gasteiger partial charge on any atom is 0.230 e. The zero-order chi connectivity index (χ0) is 14.7. The molecule has 1 heterocycles. The molecule has 0 spiro atoms. The molecule has 0 radical (unpaired) electrons. The molecule has 1 fully saturated rings. The van der Waals surface area contributed by atoms with Gasteiger partial charge >= 0.3 is 0 Å². The molecule has 108 valence electrons. The van der Waals surface area contributed by atoms with Crippen molar-refractivity contribution in [3.05, 3.63) is 28.8 Å². The first kappa shape index (κ1) is 14.9. The summed E-state index contributed by atoms with van der Waals surface area (Å²) in [4.78, 5) is 23.6. The van der Waals surface area contributed by atoms with Crippen LogP contribution in [-0.2, 0) is 9.59 Å². The van der Waals surface area contributed by atoms with Crippen molar-refractivity contribution < 1.29 is 14.3 Å². The number of halogens is 1. The van der Waals surface area contributed by atoms with Gasteiger partial charge in [-0.2, -0.15) is 0 Å². The fourth-order valence-electron chi connectivity index (χ4n) is 2.71. The van der Waals surface area contributed by atoms with Crippen LogP contribution in [0, 0.1) is 5.92 Å². The fourth-order valence-corrected chi connectivity index (χ4v) is 2.98. The number of amides is 2. The second-order valence-corrected chi connectivity index (χ2v) is 5.42. The number of ether oxygens (including phenoxy) is 1. The highest BCUT2D eigenvalue weighted by atomic mass is 35.5. The standard InChI is InChI=1S/C15H18ClNO3/c1-3-4-10-11(8-14(18)17-15(10)19)9-5-6-13(20-2)12(16)7-9/h5-7,10-11H,3-4,8H2,1-2H3,(H,17,18,19). The summed E-state index contributed by atoms with van der Waals surface area (Å²) in [6, 6.07) is 5.45. The summed E-state index contributed by atoms with van der Waals surface area (Å²) >= 11 is 6.14. The van der Waals surface area contributed by atoms with Crippen molar-refractivity contribution in [2.24, 2.45) is 5.92 Å². The Bertz CT molecular complexity index is 530. The van der Waals surface area contributed by atoms with Crippen LogP contribution in [0.1, 0.15) is 37.7 Å². The first-order valence-electron chi connectivity index (χ1n) is 6.74. The predicted octanol–water partition coefficient (Wildman–Crippen LogP) is 2.90. The van der Waals surface area contributed by atoms with Gasteiger partial charge in [0, 0.05) is 18.3 Å². The van der Waals surface area contributed by atoms with E-state index in [9.17, 15) is 9.59 Å². The minimum Gasteiger partial charge on any atom is -0.495 e. The number of hydrogen-bond donors (Lipinski definition) is 1. The third-order valence-electron chi connectivity index (χ3n) is 3.69. The molecule has 1 aromatic carbocycles. The summed E-state index contributed by atoms with van der Waals surface area (Å²) in [5.41, 5.74) is 0.914. The molecule has 5 heteroatoms. The Kier molecular flexibility index (Phi) is 4.65. The predicted molar refractivity (Wildman–Crippen MR) is 76.9 cm³/mol. The molecule has 1 saturated heterocycles. The van der Waals surface area contributed by atoms with E-state index < -0.39 is 0 Å². The summed E-state index contributed by atoms with van der Waals surface area (Å²) in [5, 5.41) is 2.91. The van der Waals surface area contributed by atoms with Gasteiger partial charge in [0.2, 0.25) is 11.8 Å². The quantitative estimate of drug-likeness (QED) is 0.869. The van der Waals surface area contributed by atoms with Gasteiger partial charge in [-0.05, 0) is 24.1 Å². The van der Waals surface area contributed by atoms with Crippen molar-refractivity contribution in [2.75, 3.05) is 7.11 Å². The SMILES string of the molecule is CCCC1C(=O)NC(=O)CC1c1ccc(OC)c(Cl)c1. The van der Waals surface area contributed by atoms with Crippen LogP contribution in [0.25, 0.3) is 0 Å². The molecule has 20 heavy (non-hydrogen) atoms. The van der Waals surface area contributed by atoms with Gasteiger partial charge in [-0.15, -0.1) is 0 Å². The monoisotopic (exact) mass is 295 g/mol. The summed E-state index contributed by atoms with van der Waals surface area (Å²) in [7, 11) is 1.55. The van der Waals surface area contributed by atoms with E-state index in [0.29, 0.717) is 17.2 Å². The molecule has 1 N–H and O–H groups in total. The molecule has 2 unspecified atom stereocenters. The lowest BCUT2D eigenvalue weighted by atomic mass is 9.78. The molecule has 2 rings (SSSR count). The number of imide groups is 1. The van der Waals surface area contributed by atoms with E-state index in [4.69, 9.17) is 16.3 Å². The van der Waals surface area contributed by atoms with Crippen molar-refractivity contribution in [3.63, 3.8) is 0 Å². The third-order valence-corrected chi connectivity index (χ3v) is 3.99. The van der Waals surface area contributed by atoms with E-state index in [0.717, 1.165) is 18.4 Å². The zero-order valence-corrected chi connectivity index (χ0v) is 12.4. The Balaban J connectivity index is 2.33. The van der Waals surface area contributed by atoms with Gasteiger partial charge in [-0.1, -0.05) is 31.0 Å². The summed E-state index contributed by atoms with van der Waals surface area (Å²) < 4.78 is 5.13. The van der Waals surface area contributed by atoms with Crippen LogP contribution in [-0.4, -0.2) is 18.9 Å². The van der Waals surface area contributed by atoms with Crippen molar-refractivity contribution in [2.45, 2.75) is 32.1 Å². The van der Waals surface area contributed by atoms with E-state index in [-0.39, 0.29) is 23.7 Å². The van der Waals surface area contributed by atoms with Crippen LogP contribution >= 0.6 is 11.6 Å². The molecule has 0 saturated carbocycles. The van der Waals surface area contributed by atoms with Crippen LogP contribution in [0.2, 0.25) is 5.02 Å². The maximum atomic E-state index is 12.0. The molecule has 0 aliphatic carbocycles. The minimum absolute atomic E-state index is 0.111. The summed E-state index contributed by atoms with van der Waals surface area (Å²) in [6.45, 7) is 2.03. The van der Waals surface area contributed by atoms with Gasteiger partial charge in [0.05, 0.1) is 12.1 Å². The van der Waals surface area contributed by atoms with Crippen LogP contribution in [0.4, 0.5) is 0 Å². The molecule has 4 nitrogen and oxygen atoms in total. The zero-order valence-electron chi connectivity index (χ0n) is 11.6. The third kappa shape index (κ3) is 2.96. The lowest BCUT2D eigenvalue weighted by Gasteiger charge is -2.30. The Labute approximate surface area is 123 Å². The number of rotatable bonds is 4. The molecular formula is C15H18ClNO3. The van der Waals surface area contributed by atoms with Gasteiger partial charge in [-0.3, -0.25) is 14.9 Å². The van der Waals surface area contributed by atoms with E-state index in [1.54, 1.807) is 19.2 Å². The summed E-state index contributed by atoms with van der Waals surface area (Å²) in [6.07, 6.45) is 1.97. The second kappa shape index (κ2) is 6.27. The van der Waals surface area contributed by atoms with Crippen molar-refractivity contribution in [1.82, 2.24) is 5.32 Å². The van der Waals surface area contributed by atoms with Gasteiger partial charge in [0.25, 0.3) is 0 Å². The molecule has 0 bridgehead atoms. The molecule has 1 aliphatic rings. The van der Waals surface area contributed by atoms with Crippen LogP contribution < -0.4 is 10.1 Å². The largest absolute Gasteiger partial charge is 0.495 e. The molecule has 0 aromatic heterocycles. The smallest absolute Gasteiger partial charge is 0.230 e. The number of carbonyl (C=O) groups excluding carboxylic acids is 2. The number of nitrogens with one attached hydrogen (secondary N) is 1. The van der Waals surface area contributed by atoms with Gasteiger partial charge in [-0.25, -0.2) is 0 Å². The Morgan fingerprint density at radius 1 is 1.40 bits per heavy atom. The van der Waals surface area contributed by atoms with Crippen molar-refractivity contribution >= 4 is 23.4 Å². The number of hydrogen-bond acceptors (Lipinski definition) is 3. The highest BCUT2D eigenvalue weighted by molar-refractivity contribution is 6.32. The van der Waals surface area contributed by atoms with Crippen LogP contribution in [0.15, 0.2) is 18.2 Å². The highest BCUT2D eigenvalue weighted by Crippen LogP contribution is 2.37. The molecule has 2 amide bonds. The van der Waals surface area contributed by atoms with Crippen molar-refractivity contribution in [3.8, 4) is 5.75 Å². The lowest BCUT2D eigenvalue weighted by Crippen LogP contribution is -2.44. The summed E-state index contributed by atoms with van der Waals surface area (Å²) in [5.74, 6) is -0.102. The van der Waals surface area contributed by atoms with E-state index in [1.807, 2.05) is 13.0 Å². The first-order valence-corrected chi connectivity index (χ1v) is 7.11. The van der Waals surface area contributed by atoms with E-state index in [1.165, 1.54) is 0 Å². The molecule has 2 atom stereocenters. The molecule has 1 aromatic rings. The molecular weight excluding hydrogens is 278 g/mol. The Hall–Kier alpha value is -1.55. The minimum atomic E-state index is -0.223. The van der Waals surface area contributed by atoms with E-state index in [2.05, 4.69) is 5.32 Å².